The Kier molecular flexibility index (Phi) is 5.66. The van der Waals surface area contributed by atoms with Crippen molar-refractivity contribution in [3.05, 3.63) is 77.0 Å². The van der Waals surface area contributed by atoms with Crippen molar-refractivity contribution in [1.29, 1.82) is 5.26 Å². The molecule has 1 aromatic carbocycles. The lowest BCUT2D eigenvalue weighted by Crippen LogP contribution is -2.13. The second-order valence-electron chi connectivity index (χ2n) is 6.35. The summed E-state index contributed by atoms with van der Waals surface area (Å²) in [6.07, 6.45) is 3.25. The van der Waals surface area contributed by atoms with Gasteiger partial charge in [-0.1, -0.05) is 6.07 Å². The fourth-order valence-electron chi connectivity index (χ4n) is 2.98. The van der Waals surface area contributed by atoms with Gasteiger partial charge >= 0.3 is 0 Å². The zero-order valence-electron chi connectivity index (χ0n) is 16.0. The number of nitriles is 1. The van der Waals surface area contributed by atoms with Gasteiger partial charge in [0.15, 0.2) is 0 Å². The number of ether oxygens (including phenoxy) is 1. The quantitative estimate of drug-likeness (QED) is 0.514. The van der Waals surface area contributed by atoms with E-state index in [0.29, 0.717) is 18.0 Å². The highest BCUT2D eigenvalue weighted by Crippen LogP contribution is 2.21. The molecule has 0 aliphatic heterocycles. The molecule has 3 rings (SSSR count). The Balaban J connectivity index is 1.84. The minimum atomic E-state index is -0.466. The molecule has 0 atom stereocenters. The topological polar surface area (TPSA) is 80.2 Å². The molecule has 6 heteroatoms. The van der Waals surface area contributed by atoms with Crippen LogP contribution in [0.25, 0.3) is 6.08 Å². The minimum Gasteiger partial charge on any atom is -0.497 e. The number of benzene rings is 1. The first-order valence-electron chi connectivity index (χ1n) is 8.78. The molecule has 0 bridgehead atoms. The van der Waals surface area contributed by atoms with E-state index in [9.17, 15) is 10.1 Å². The Morgan fingerprint density at radius 3 is 2.79 bits per heavy atom. The Bertz CT molecular complexity index is 1050. The van der Waals surface area contributed by atoms with Crippen molar-refractivity contribution in [2.24, 2.45) is 0 Å². The Labute approximate surface area is 163 Å². The van der Waals surface area contributed by atoms with Crippen LogP contribution in [0.4, 0.5) is 5.69 Å². The monoisotopic (exact) mass is 375 g/mol. The van der Waals surface area contributed by atoms with Gasteiger partial charge in [0.1, 0.15) is 23.2 Å². The van der Waals surface area contributed by atoms with Crippen molar-refractivity contribution in [3.63, 3.8) is 0 Å². The Hall–Kier alpha value is -3.72. The standard InChI is InChI=1S/C22H21N3O3/c1-15-10-17(16(2)25(15)14-21-8-5-9-28-21)11-18(13-23)22(26)24-19-6-4-7-20(12-19)27-3/h4-12H,14H2,1-3H3,(H,24,26)/b18-11+. The van der Waals surface area contributed by atoms with Crippen LogP contribution in [0.5, 0.6) is 5.75 Å². The van der Waals surface area contributed by atoms with Crippen molar-refractivity contribution in [3.8, 4) is 11.8 Å². The van der Waals surface area contributed by atoms with E-state index in [4.69, 9.17) is 9.15 Å². The molecule has 142 valence electrons. The molecule has 0 spiro atoms. The molecule has 2 heterocycles. The number of carbonyl (C=O) groups excluding carboxylic acids is 1. The van der Waals surface area contributed by atoms with E-state index in [1.54, 1.807) is 43.7 Å². The zero-order chi connectivity index (χ0) is 20.1. The van der Waals surface area contributed by atoms with Crippen molar-refractivity contribution in [1.82, 2.24) is 4.57 Å². The first kappa shape index (κ1) is 19.1. The summed E-state index contributed by atoms with van der Waals surface area (Å²) in [5.74, 6) is 1.00. The van der Waals surface area contributed by atoms with Crippen molar-refractivity contribution < 1.29 is 13.9 Å². The van der Waals surface area contributed by atoms with Crippen LogP contribution < -0.4 is 10.1 Å². The van der Waals surface area contributed by atoms with Gasteiger partial charge in [-0.3, -0.25) is 4.79 Å². The summed E-state index contributed by atoms with van der Waals surface area (Å²) in [5, 5.41) is 12.2. The van der Waals surface area contributed by atoms with Crippen molar-refractivity contribution in [2.45, 2.75) is 20.4 Å². The third-order valence-electron chi connectivity index (χ3n) is 4.50. The maximum absolute atomic E-state index is 12.5. The number of hydrogen-bond acceptors (Lipinski definition) is 4. The predicted octanol–water partition coefficient (Wildman–Crippen LogP) is 4.30. The lowest BCUT2D eigenvalue weighted by atomic mass is 10.1. The molecule has 28 heavy (non-hydrogen) atoms. The number of aromatic nitrogens is 1. The van der Waals surface area contributed by atoms with Crippen LogP contribution in [-0.2, 0) is 11.3 Å². The lowest BCUT2D eigenvalue weighted by molar-refractivity contribution is -0.112. The number of amides is 1. The average Bonchev–Trinajstić information content (AvgIpc) is 3.30. The highest BCUT2D eigenvalue weighted by Gasteiger charge is 2.14. The number of aryl methyl sites for hydroxylation is 1. The molecule has 1 amide bonds. The molecule has 0 aliphatic carbocycles. The Morgan fingerprint density at radius 1 is 1.29 bits per heavy atom. The fraction of sp³-hybridized carbons (Fsp3) is 0.182. The largest absolute Gasteiger partial charge is 0.497 e. The van der Waals surface area contributed by atoms with Crippen LogP contribution in [0.2, 0.25) is 0 Å². The summed E-state index contributed by atoms with van der Waals surface area (Å²) in [6.45, 7) is 4.53. The summed E-state index contributed by atoms with van der Waals surface area (Å²) in [7, 11) is 1.56. The van der Waals surface area contributed by atoms with Gasteiger partial charge in [0.05, 0.1) is 19.9 Å². The minimum absolute atomic E-state index is 0.0288. The normalized spacial score (nSPS) is 11.1. The molecule has 3 aromatic rings. The van der Waals surface area contributed by atoms with E-state index in [1.807, 2.05) is 38.1 Å². The van der Waals surface area contributed by atoms with Gasteiger partial charge in [-0.05, 0) is 55.8 Å². The first-order chi connectivity index (χ1) is 13.5. The number of rotatable bonds is 6. The van der Waals surface area contributed by atoms with E-state index >= 15 is 0 Å². The number of nitrogens with one attached hydrogen (secondary N) is 1. The molecule has 1 N–H and O–H groups in total. The highest BCUT2D eigenvalue weighted by atomic mass is 16.5. The summed E-state index contributed by atoms with van der Waals surface area (Å²) in [5.41, 5.74) is 3.39. The molecule has 0 aliphatic rings. The van der Waals surface area contributed by atoms with E-state index in [0.717, 1.165) is 22.7 Å². The maximum atomic E-state index is 12.5. The zero-order valence-corrected chi connectivity index (χ0v) is 16.0. The molecular formula is C22H21N3O3. The number of methoxy groups -OCH3 is 1. The number of anilines is 1. The molecule has 0 saturated carbocycles. The van der Waals surface area contributed by atoms with E-state index in [2.05, 4.69) is 9.88 Å². The fourth-order valence-corrected chi connectivity index (χ4v) is 2.98. The number of nitrogens with zero attached hydrogens (tertiary/aromatic N) is 2. The SMILES string of the molecule is COc1cccc(NC(=O)/C(C#N)=C/c2cc(C)n(Cc3ccco3)c2C)c1. The lowest BCUT2D eigenvalue weighted by Gasteiger charge is -2.08. The van der Waals surface area contributed by atoms with Gasteiger partial charge < -0.3 is 19.0 Å². The Morgan fingerprint density at radius 2 is 2.11 bits per heavy atom. The van der Waals surface area contributed by atoms with Gasteiger partial charge in [0.25, 0.3) is 5.91 Å². The summed E-state index contributed by atoms with van der Waals surface area (Å²) in [4.78, 5) is 12.5. The molecule has 0 saturated heterocycles. The third kappa shape index (κ3) is 4.15. The van der Waals surface area contributed by atoms with Gasteiger partial charge in [-0.15, -0.1) is 0 Å². The molecule has 0 radical (unpaired) electrons. The smallest absolute Gasteiger partial charge is 0.266 e. The molecule has 2 aromatic heterocycles. The second kappa shape index (κ2) is 8.31. The van der Waals surface area contributed by atoms with Crippen LogP contribution >= 0.6 is 0 Å². The van der Waals surface area contributed by atoms with Crippen molar-refractivity contribution in [2.75, 3.05) is 12.4 Å². The summed E-state index contributed by atoms with van der Waals surface area (Å²) >= 11 is 0. The van der Waals surface area contributed by atoms with Crippen LogP contribution in [-0.4, -0.2) is 17.6 Å². The van der Waals surface area contributed by atoms with Crippen molar-refractivity contribution >= 4 is 17.7 Å². The van der Waals surface area contributed by atoms with Crippen LogP contribution in [0.15, 0.2) is 58.7 Å². The van der Waals surface area contributed by atoms with Crippen LogP contribution in [0.1, 0.15) is 22.7 Å². The van der Waals surface area contributed by atoms with Crippen LogP contribution in [0.3, 0.4) is 0 Å². The van der Waals surface area contributed by atoms with Gasteiger partial charge in [-0.25, -0.2) is 0 Å². The van der Waals surface area contributed by atoms with Gasteiger partial charge in [0.2, 0.25) is 0 Å². The average molecular weight is 375 g/mol. The van der Waals surface area contributed by atoms with Crippen LogP contribution in [0, 0.1) is 25.2 Å². The number of hydrogen-bond donors (Lipinski definition) is 1. The van der Waals surface area contributed by atoms with E-state index < -0.39 is 5.91 Å². The predicted molar refractivity (Wildman–Crippen MR) is 107 cm³/mol. The molecule has 0 fully saturated rings. The highest BCUT2D eigenvalue weighted by molar-refractivity contribution is 6.09. The summed E-state index contributed by atoms with van der Waals surface area (Å²) in [6, 6.07) is 14.7. The number of furan rings is 1. The molecule has 0 unspecified atom stereocenters. The first-order valence-corrected chi connectivity index (χ1v) is 8.78. The van der Waals surface area contributed by atoms with E-state index in [1.165, 1.54) is 0 Å². The third-order valence-corrected chi connectivity index (χ3v) is 4.50. The molecule has 6 nitrogen and oxygen atoms in total. The molecular weight excluding hydrogens is 354 g/mol. The van der Waals surface area contributed by atoms with Gasteiger partial charge in [0, 0.05) is 23.1 Å². The number of carbonyl (C=O) groups is 1. The summed E-state index contributed by atoms with van der Waals surface area (Å²) < 4.78 is 12.7. The maximum Gasteiger partial charge on any atom is 0.266 e. The van der Waals surface area contributed by atoms with Gasteiger partial charge in [-0.2, -0.15) is 5.26 Å². The van der Waals surface area contributed by atoms with E-state index in [-0.39, 0.29) is 5.57 Å². The second-order valence-corrected chi connectivity index (χ2v) is 6.35.